The van der Waals surface area contributed by atoms with Crippen LogP contribution in [0.1, 0.15) is 25.8 Å². The van der Waals surface area contributed by atoms with Gasteiger partial charge in [-0.1, -0.05) is 0 Å². The van der Waals surface area contributed by atoms with Crippen molar-refractivity contribution in [3.63, 3.8) is 0 Å². The first-order valence-electron chi connectivity index (χ1n) is 5.62. The maximum atomic E-state index is 4.99. The normalized spacial score (nSPS) is 10.8. The zero-order chi connectivity index (χ0) is 11.1. The van der Waals surface area contributed by atoms with Crippen LogP contribution in [-0.4, -0.2) is 31.1 Å². The molecule has 94 valence electrons. The standard InChI is InChI=1S/C12H22N2O.ClH/c1-11(2)14(3)7-4-6-13-9-12-5-8-15-10-12;/h5,8,10-11,13H,4,6-7,9H2,1-3H3;1H. The van der Waals surface area contributed by atoms with E-state index in [1.54, 1.807) is 12.5 Å². The van der Waals surface area contributed by atoms with E-state index in [-0.39, 0.29) is 12.4 Å². The van der Waals surface area contributed by atoms with E-state index in [1.807, 2.05) is 6.07 Å². The van der Waals surface area contributed by atoms with Gasteiger partial charge in [0.25, 0.3) is 0 Å². The van der Waals surface area contributed by atoms with Gasteiger partial charge in [-0.3, -0.25) is 0 Å². The molecule has 0 saturated carbocycles. The summed E-state index contributed by atoms with van der Waals surface area (Å²) < 4.78 is 4.99. The first-order valence-corrected chi connectivity index (χ1v) is 5.62. The van der Waals surface area contributed by atoms with Crippen molar-refractivity contribution in [2.45, 2.75) is 32.9 Å². The molecule has 1 aromatic heterocycles. The lowest BCUT2D eigenvalue weighted by Gasteiger charge is -2.20. The first kappa shape index (κ1) is 15.5. The minimum Gasteiger partial charge on any atom is -0.472 e. The third-order valence-electron chi connectivity index (χ3n) is 2.66. The molecule has 0 radical (unpaired) electrons. The summed E-state index contributed by atoms with van der Waals surface area (Å²) in [4.78, 5) is 2.36. The van der Waals surface area contributed by atoms with Crippen LogP contribution in [0.4, 0.5) is 0 Å². The number of hydrogen-bond acceptors (Lipinski definition) is 3. The van der Waals surface area contributed by atoms with Crippen LogP contribution in [0.25, 0.3) is 0 Å². The molecule has 4 heteroatoms. The summed E-state index contributed by atoms with van der Waals surface area (Å²) in [7, 11) is 2.17. The number of hydrogen-bond donors (Lipinski definition) is 1. The Morgan fingerprint density at radius 2 is 2.19 bits per heavy atom. The fourth-order valence-electron chi connectivity index (χ4n) is 1.34. The van der Waals surface area contributed by atoms with E-state index in [2.05, 4.69) is 31.1 Å². The molecule has 16 heavy (non-hydrogen) atoms. The second kappa shape index (κ2) is 8.62. The van der Waals surface area contributed by atoms with Crippen molar-refractivity contribution in [1.82, 2.24) is 10.2 Å². The number of furan rings is 1. The lowest BCUT2D eigenvalue weighted by atomic mass is 10.3. The molecule has 0 amide bonds. The number of rotatable bonds is 7. The van der Waals surface area contributed by atoms with Crippen molar-refractivity contribution in [1.29, 1.82) is 0 Å². The Morgan fingerprint density at radius 3 is 2.75 bits per heavy atom. The zero-order valence-electron chi connectivity index (χ0n) is 10.4. The molecule has 0 unspecified atom stereocenters. The molecule has 3 nitrogen and oxygen atoms in total. The average Bonchev–Trinajstić information content (AvgIpc) is 2.69. The van der Waals surface area contributed by atoms with Gasteiger partial charge in [0.15, 0.2) is 0 Å². The van der Waals surface area contributed by atoms with Crippen LogP contribution in [0.15, 0.2) is 23.0 Å². The third kappa shape index (κ3) is 6.16. The molecular weight excluding hydrogens is 224 g/mol. The van der Waals surface area contributed by atoms with Gasteiger partial charge in [0.1, 0.15) is 0 Å². The Morgan fingerprint density at radius 1 is 1.44 bits per heavy atom. The molecule has 0 atom stereocenters. The van der Waals surface area contributed by atoms with Crippen LogP contribution in [0, 0.1) is 0 Å². The topological polar surface area (TPSA) is 28.4 Å². The molecule has 1 N–H and O–H groups in total. The molecule has 1 aromatic rings. The van der Waals surface area contributed by atoms with Crippen LogP contribution >= 0.6 is 12.4 Å². The summed E-state index contributed by atoms with van der Waals surface area (Å²) >= 11 is 0. The van der Waals surface area contributed by atoms with Crippen molar-refractivity contribution >= 4 is 12.4 Å². The van der Waals surface area contributed by atoms with Crippen molar-refractivity contribution in [3.05, 3.63) is 24.2 Å². The maximum absolute atomic E-state index is 4.99. The lowest BCUT2D eigenvalue weighted by Crippen LogP contribution is -2.29. The zero-order valence-corrected chi connectivity index (χ0v) is 11.2. The third-order valence-corrected chi connectivity index (χ3v) is 2.66. The van der Waals surface area contributed by atoms with Crippen molar-refractivity contribution in [2.75, 3.05) is 20.1 Å². The van der Waals surface area contributed by atoms with Crippen molar-refractivity contribution in [2.24, 2.45) is 0 Å². The Labute approximate surface area is 105 Å². The summed E-state index contributed by atoms with van der Waals surface area (Å²) in [5, 5.41) is 3.40. The van der Waals surface area contributed by atoms with E-state index in [0.717, 1.165) is 19.6 Å². The van der Waals surface area contributed by atoms with E-state index >= 15 is 0 Å². The molecule has 0 fully saturated rings. The second-order valence-corrected chi connectivity index (χ2v) is 4.24. The molecule has 1 rings (SSSR count). The molecule has 0 aliphatic carbocycles. The summed E-state index contributed by atoms with van der Waals surface area (Å²) in [6.45, 7) is 7.55. The van der Waals surface area contributed by atoms with Crippen LogP contribution < -0.4 is 5.32 Å². The summed E-state index contributed by atoms with van der Waals surface area (Å²) in [5.74, 6) is 0. The van der Waals surface area contributed by atoms with Crippen LogP contribution in [-0.2, 0) is 6.54 Å². The predicted octanol–water partition coefficient (Wildman–Crippen LogP) is 2.52. The van der Waals surface area contributed by atoms with E-state index in [1.165, 1.54) is 12.0 Å². The Kier molecular flexibility index (Phi) is 8.35. The van der Waals surface area contributed by atoms with E-state index in [4.69, 9.17) is 4.42 Å². The summed E-state index contributed by atoms with van der Waals surface area (Å²) in [5.41, 5.74) is 1.22. The number of nitrogens with zero attached hydrogens (tertiary/aromatic N) is 1. The minimum atomic E-state index is 0. The molecular formula is C12H23ClN2O. The number of nitrogens with one attached hydrogen (secondary N) is 1. The monoisotopic (exact) mass is 246 g/mol. The first-order chi connectivity index (χ1) is 7.20. The molecule has 0 aliphatic heterocycles. The van der Waals surface area contributed by atoms with Gasteiger partial charge < -0.3 is 14.6 Å². The molecule has 0 spiro atoms. The molecule has 0 aliphatic rings. The van der Waals surface area contributed by atoms with Gasteiger partial charge in [0.05, 0.1) is 12.5 Å². The highest BCUT2D eigenvalue weighted by Gasteiger charge is 2.01. The Hall–Kier alpha value is -0.510. The fraction of sp³-hybridized carbons (Fsp3) is 0.667. The molecule has 1 heterocycles. The Bertz CT molecular complexity index is 250. The van der Waals surface area contributed by atoms with Gasteiger partial charge in [0.2, 0.25) is 0 Å². The van der Waals surface area contributed by atoms with Crippen LogP contribution in [0.5, 0.6) is 0 Å². The van der Waals surface area contributed by atoms with Crippen molar-refractivity contribution < 1.29 is 4.42 Å². The predicted molar refractivity (Wildman–Crippen MR) is 70.0 cm³/mol. The van der Waals surface area contributed by atoms with Crippen LogP contribution in [0.2, 0.25) is 0 Å². The quantitative estimate of drug-likeness (QED) is 0.750. The maximum Gasteiger partial charge on any atom is 0.0947 e. The summed E-state index contributed by atoms with van der Waals surface area (Å²) in [6, 6.07) is 2.63. The fourth-order valence-corrected chi connectivity index (χ4v) is 1.34. The van der Waals surface area contributed by atoms with Gasteiger partial charge in [-0.25, -0.2) is 0 Å². The van der Waals surface area contributed by atoms with Gasteiger partial charge in [-0.05, 0) is 46.5 Å². The second-order valence-electron chi connectivity index (χ2n) is 4.24. The summed E-state index contributed by atoms with van der Waals surface area (Å²) in [6.07, 6.45) is 4.68. The van der Waals surface area contributed by atoms with E-state index < -0.39 is 0 Å². The minimum absolute atomic E-state index is 0. The number of halogens is 1. The molecule has 0 bridgehead atoms. The molecule has 0 aromatic carbocycles. The average molecular weight is 247 g/mol. The lowest BCUT2D eigenvalue weighted by molar-refractivity contribution is 0.269. The highest BCUT2D eigenvalue weighted by molar-refractivity contribution is 5.85. The highest BCUT2D eigenvalue weighted by Crippen LogP contribution is 1.99. The van der Waals surface area contributed by atoms with E-state index in [0.29, 0.717) is 6.04 Å². The van der Waals surface area contributed by atoms with Gasteiger partial charge in [-0.2, -0.15) is 0 Å². The van der Waals surface area contributed by atoms with Crippen molar-refractivity contribution in [3.8, 4) is 0 Å². The highest BCUT2D eigenvalue weighted by atomic mass is 35.5. The Balaban J connectivity index is 0.00000225. The smallest absolute Gasteiger partial charge is 0.0947 e. The van der Waals surface area contributed by atoms with Gasteiger partial charge in [0, 0.05) is 18.2 Å². The SMILES string of the molecule is CC(C)N(C)CCCNCc1ccoc1.Cl. The largest absolute Gasteiger partial charge is 0.472 e. The van der Waals surface area contributed by atoms with Crippen LogP contribution in [0.3, 0.4) is 0 Å². The van der Waals surface area contributed by atoms with Gasteiger partial charge in [-0.15, -0.1) is 12.4 Å². The van der Waals surface area contributed by atoms with Gasteiger partial charge >= 0.3 is 0 Å². The molecule has 0 saturated heterocycles. The van der Waals surface area contributed by atoms with E-state index in [9.17, 15) is 0 Å².